The number of fused-ring (bicyclic) bond motifs is 1. The Balaban J connectivity index is 1.02. The number of benzene rings is 8. The Hall–Kier alpha value is -7.69. The van der Waals surface area contributed by atoms with Gasteiger partial charge >= 0.3 is 0 Å². The van der Waals surface area contributed by atoms with Crippen molar-refractivity contribution in [2.45, 2.75) is 0 Å². The van der Waals surface area contributed by atoms with E-state index in [9.17, 15) is 0 Å². The second-order valence-corrected chi connectivity index (χ2v) is 14.1. The fraction of sp³-hybridized carbons (Fsp3) is 0. The zero-order chi connectivity index (χ0) is 38.0. The number of imidazole rings is 1. The molecule has 57 heavy (non-hydrogen) atoms. The van der Waals surface area contributed by atoms with Crippen molar-refractivity contribution in [3.05, 3.63) is 218 Å². The van der Waals surface area contributed by atoms with Gasteiger partial charge < -0.3 is 0 Å². The highest BCUT2D eigenvalue weighted by Gasteiger charge is 2.16. The van der Waals surface area contributed by atoms with Gasteiger partial charge in [0.15, 0.2) is 5.82 Å². The molecule has 0 saturated carbocycles. The van der Waals surface area contributed by atoms with Crippen molar-refractivity contribution in [1.29, 1.82) is 0 Å². The predicted octanol–water partition coefficient (Wildman–Crippen LogP) is 13.5. The van der Waals surface area contributed by atoms with Crippen molar-refractivity contribution in [2.75, 3.05) is 0 Å². The summed E-state index contributed by atoms with van der Waals surface area (Å²) in [5, 5.41) is 0. The van der Waals surface area contributed by atoms with Crippen molar-refractivity contribution in [2.24, 2.45) is 0 Å². The zero-order valence-electron chi connectivity index (χ0n) is 31.1. The Morgan fingerprint density at radius 1 is 0.281 bits per heavy atom. The van der Waals surface area contributed by atoms with Crippen LogP contribution in [0.15, 0.2) is 218 Å². The highest BCUT2D eigenvalue weighted by molar-refractivity contribution is 5.84. The van der Waals surface area contributed by atoms with E-state index in [2.05, 4.69) is 199 Å². The van der Waals surface area contributed by atoms with E-state index in [4.69, 9.17) is 15.0 Å². The first kappa shape index (κ1) is 33.8. The Bertz CT molecular complexity index is 2850. The second-order valence-electron chi connectivity index (χ2n) is 14.1. The molecule has 0 saturated heterocycles. The van der Waals surface area contributed by atoms with Gasteiger partial charge in [-0.05, 0) is 69.8 Å². The van der Waals surface area contributed by atoms with Gasteiger partial charge in [-0.25, -0.2) is 15.0 Å². The van der Waals surface area contributed by atoms with E-state index in [0.717, 1.165) is 67.3 Å². The molecule has 268 valence electrons. The number of rotatable bonds is 8. The van der Waals surface area contributed by atoms with Crippen molar-refractivity contribution in [3.63, 3.8) is 0 Å². The van der Waals surface area contributed by atoms with Crippen LogP contribution >= 0.6 is 0 Å². The molecule has 0 radical (unpaired) electrons. The summed E-state index contributed by atoms with van der Waals surface area (Å²) in [5.41, 5.74) is 15.8. The quantitative estimate of drug-likeness (QED) is 0.156. The van der Waals surface area contributed by atoms with Crippen molar-refractivity contribution in [3.8, 4) is 84.4 Å². The summed E-state index contributed by atoms with van der Waals surface area (Å²) >= 11 is 0. The average Bonchev–Trinajstić information content (AvgIpc) is 3.70. The van der Waals surface area contributed by atoms with Gasteiger partial charge in [-0.1, -0.05) is 182 Å². The van der Waals surface area contributed by atoms with E-state index >= 15 is 0 Å². The first-order chi connectivity index (χ1) is 28.2. The van der Waals surface area contributed by atoms with Crippen LogP contribution in [0, 0.1) is 0 Å². The molecular formula is C53H36N4. The van der Waals surface area contributed by atoms with Crippen LogP contribution in [0.2, 0.25) is 0 Å². The van der Waals surface area contributed by atoms with Crippen molar-refractivity contribution in [1.82, 2.24) is 19.5 Å². The maximum atomic E-state index is 5.19. The fourth-order valence-electron chi connectivity index (χ4n) is 7.51. The number of nitrogens with zero attached hydrogens (tertiary/aromatic N) is 4. The molecule has 10 aromatic rings. The number of hydrogen-bond acceptors (Lipinski definition) is 3. The molecule has 0 spiro atoms. The Labute approximate surface area is 332 Å². The van der Waals surface area contributed by atoms with E-state index in [-0.39, 0.29) is 0 Å². The lowest BCUT2D eigenvalue weighted by Gasteiger charge is -2.12. The van der Waals surface area contributed by atoms with Crippen LogP contribution in [0.3, 0.4) is 0 Å². The SMILES string of the molecule is c1ccc(-c2ccc(-c3cc(-c4ccc(-c5ccccc5)cc4)nc(-c4cccc(-c5ccc(-c6nc7ccccc7n6-c6ccccc6)cc5)c4)n3)cc2)cc1. The van der Waals surface area contributed by atoms with Crippen LogP contribution in [-0.2, 0) is 0 Å². The molecule has 0 fully saturated rings. The first-order valence-electron chi connectivity index (χ1n) is 19.2. The lowest BCUT2D eigenvalue weighted by Crippen LogP contribution is -1.97. The number of para-hydroxylation sites is 3. The minimum absolute atomic E-state index is 0.678. The summed E-state index contributed by atoms with van der Waals surface area (Å²) in [7, 11) is 0. The lowest BCUT2D eigenvalue weighted by atomic mass is 9.99. The van der Waals surface area contributed by atoms with E-state index in [0.29, 0.717) is 5.82 Å². The number of aromatic nitrogens is 4. The normalized spacial score (nSPS) is 11.2. The molecule has 0 N–H and O–H groups in total. The van der Waals surface area contributed by atoms with Crippen LogP contribution in [0.1, 0.15) is 0 Å². The first-order valence-corrected chi connectivity index (χ1v) is 19.2. The van der Waals surface area contributed by atoms with Gasteiger partial charge in [0.25, 0.3) is 0 Å². The molecule has 0 aliphatic heterocycles. The molecule has 4 nitrogen and oxygen atoms in total. The van der Waals surface area contributed by atoms with E-state index in [1.807, 2.05) is 24.3 Å². The maximum Gasteiger partial charge on any atom is 0.160 e. The summed E-state index contributed by atoms with van der Waals surface area (Å²) < 4.78 is 2.23. The van der Waals surface area contributed by atoms with Gasteiger partial charge in [0.2, 0.25) is 0 Å². The minimum Gasteiger partial charge on any atom is -0.292 e. The maximum absolute atomic E-state index is 5.19. The molecule has 2 aromatic heterocycles. The molecule has 0 amide bonds. The predicted molar refractivity (Wildman–Crippen MR) is 235 cm³/mol. The van der Waals surface area contributed by atoms with Gasteiger partial charge in [0.05, 0.1) is 22.4 Å². The molecular weight excluding hydrogens is 693 g/mol. The highest BCUT2D eigenvalue weighted by atomic mass is 15.1. The van der Waals surface area contributed by atoms with Gasteiger partial charge in [-0.15, -0.1) is 0 Å². The standard InChI is InChI=1S/C53H36N4/c1-4-13-37(14-5-1)39-23-29-42(30-24-39)49-36-50(43-31-25-40(26-32-43)38-15-6-2-7-16-38)55-52(54-49)46-18-12-17-45(35-46)41-27-33-44(34-28-41)53-56-48-21-10-11-22-51(48)57(53)47-19-8-3-9-20-47/h1-36H. The second kappa shape index (κ2) is 14.9. The zero-order valence-corrected chi connectivity index (χ0v) is 31.1. The molecule has 4 heteroatoms. The van der Waals surface area contributed by atoms with Crippen molar-refractivity contribution >= 4 is 11.0 Å². The third kappa shape index (κ3) is 6.81. The van der Waals surface area contributed by atoms with E-state index in [1.54, 1.807) is 0 Å². The Kier molecular flexibility index (Phi) is 8.82. The molecule has 0 unspecified atom stereocenters. The topological polar surface area (TPSA) is 43.6 Å². The molecule has 2 heterocycles. The molecule has 0 atom stereocenters. The monoisotopic (exact) mass is 728 g/mol. The third-order valence-corrected chi connectivity index (χ3v) is 10.5. The largest absolute Gasteiger partial charge is 0.292 e. The number of hydrogen-bond donors (Lipinski definition) is 0. The molecule has 0 aliphatic carbocycles. The lowest BCUT2D eigenvalue weighted by molar-refractivity contribution is 1.10. The summed E-state index contributed by atoms with van der Waals surface area (Å²) in [6.07, 6.45) is 0. The van der Waals surface area contributed by atoms with E-state index < -0.39 is 0 Å². The van der Waals surface area contributed by atoms with Gasteiger partial charge in [-0.3, -0.25) is 4.57 Å². The fourth-order valence-corrected chi connectivity index (χ4v) is 7.51. The van der Waals surface area contributed by atoms with Gasteiger partial charge in [-0.2, -0.15) is 0 Å². The average molecular weight is 729 g/mol. The Morgan fingerprint density at radius 2 is 0.702 bits per heavy atom. The van der Waals surface area contributed by atoms with E-state index in [1.165, 1.54) is 22.3 Å². The molecule has 8 aromatic carbocycles. The molecule has 10 rings (SSSR count). The third-order valence-electron chi connectivity index (χ3n) is 10.5. The summed E-state index contributed by atoms with van der Waals surface area (Å²) in [5.74, 6) is 1.59. The smallest absolute Gasteiger partial charge is 0.160 e. The van der Waals surface area contributed by atoms with Gasteiger partial charge in [0, 0.05) is 27.9 Å². The Morgan fingerprint density at radius 3 is 1.28 bits per heavy atom. The van der Waals surface area contributed by atoms with Crippen LogP contribution in [0.25, 0.3) is 95.4 Å². The van der Waals surface area contributed by atoms with Crippen LogP contribution in [-0.4, -0.2) is 19.5 Å². The summed E-state index contributed by atoms with van der Waals surface area (Å²) in [6.45, 7) is 0. The van der Waals surface area contributed by atoms with Crippen molar-refractivity contribution < 1.29 is 0 Å². The minimum atomic E-state index is 0.678. The summed E-state index contributed by atoms with van der Waals surface area (Å²) in [6, 6.07) is 76.2. The highest BCUT2D eigenvalue weighted by Crippen LogP contribution is 2.34. The molecule has 0 aliphatic rings. The van der Waals surface area contributed by atoms with Crippen LogP contribution in [0.5, 0.6) is 0 Å². The van der Waals surface area contributed by atoms with Crippen LogP contribution in [0.4, 0.5) is 0 Å². The molecule has 0 bridgehead atoms. The van der Waals surface area contributed by atoms with Crippen LogP contribution < -0.4 is 0 Å². The summed E-state index contributed by atoms with van der Waals surface area (Å²) in [4.78, 5) is 15.5. The van der Waals surface area contributed by atoms with Gasteiger partial charge in [0.1, 0.15) is 5.82 Å².